The van der Waals surface area contributed by atoms with Gasteiger partial charge in [-0.15, -0.1) is 0 Å². The fraction of sp³-hybridized carbons (Fsp3) is 0.590. The highest BCUT2D eigenvalue weighted by Gasteiger charge is 2.17. The molecule has 0 N–H and O–H groups in total. The zero-order chi connectivity index (χ0) is 67.6. The molecule has 7 heterocycles. The zero-order valence-electron chi connectivity index (χ0n) is 60.1. The maximum Gasteiger partial charge on any atom is 0.154 e. The average molecular weight is 1250 g/mol. The molecule has 0 amide bonds. The summed E-state index contributed by atoms with van der Waals surface area (Å²) in [6.45, 7) is 50.3. The Labute approximate surface area is 546 Å². The number of halogens is 2. The van der Waals surface area contributed by atoms with Gasteiger partial charge in [-0.1, -0.05) is 139 Å². The minimum Gasteiger partial charge on any atom is -0.378 e. The first kappa shape index (κ1) is 82.7. The molecule has 6 aromatic rings. The maximum atomic E-state index is 12.6. The number of rotatable bonds is 0. The summed E-state index contributed by atoms with van der Waals surface area (Å²) in [5.41, 5.74) is 11.7. The van der Waals surface area contributed by atoms with Crippen LogP contribution in [0, 0.1) is 130 Å². The van der Waals surface area contributed by atoms with Gasteiger partial charge in [0.2, 0.25) is 0 Å². The number of aryl methyl sites for hydroxylation is 12. The van der Waals surface area contributed by atoms with Crippen LogP contribution in [0.2, 0.25) is 0 Å². The summed E-state index contributed by atoms with van der Waals surface area (Å²) < 4.78 is 56.6. The second kappa shape index (κ2) is 48.4. The molecular formula is C78H122F2N4O6. The van der Waals surface area contributed by atoms with Crippen molar-refractivity contribution < 1.29 is 37.2 Å². The Hall–Kier alpha value is -5.34. The Morgan fingerprint density at radius 1 is 0.289 bits per heavy atom. The number of hydrogen-bond acceptors (Lipinski definition) is 10. The average Bonchev–Trinajstić information content (AvgIpc) is 3.67. The van der Waals surface area contributed by atoms with Crippen LogP contribution in [0.5, 0.6) is 0 Å². The van der Waals surface area contributed by atoms with Gasteiger partial charge in [0.15, 0.2) is 12.6 Å². The number of pyridine rings is 2. The molecule has 504 valence electrons. The van der Waals surface area contributed by atoms with Gasteiger partial charge in [0.05, 0.1) is 38.6 Å². The lowest BCUT2D eigenvalue weighted by molar-refractivity contribution is -0.187. The molecule has 4 aliphatic heterocycles. The standard InChI is InChI=1S/2C8H9F.C8H16.C8H10.2C7H9N.2C7H14O.C6H8N2.2C6H12O2/c2*1-6-3-4-7(2)8(9)5-6;2*1-7-3-5-8(2)6-4-7;4*1-6-3-4-7(2)8-5-6;3*1-5-3-7-6(2)8-4-5/h2*3-5H,1-2H3;7-8H,3-6H2,1-2H3;3-6H,1-2H3;2*3-5H,1-2H3;2*6-7H,3-5H2,1-2H3;3-4H,1-2H3;2*5-6H,3-4H2,1-2H3/t;;;;;;6?,7-;6-,7?;;;/m......11.../s1. The second-order valence-electron chi connectivity index (χ2n) is 26.1. The van der Waals surface area contributed by atoms with Crippen LogP contribution < -0.4 is 0 Å². The predicted molar refractivity (Wildman–Crippen MR) is 372 cm³/mol. The first-order chi connectivity index (χ1) is 42.5. The van der Waals surface area contributed by atoms with Gasteiger partial charge in [-0.05, 0) is 223 Å². The SMILES string of the molecule is CC1CCC(C)CC1.CC1CC[C@@H](C)CO1.CC1CC[C@@H](C)OC1.CC1COC(C)OC1.CC1COC(C)OC1.Cc1ccc(C)c(F)c1.Cc1ccc(C)c(F)c1.Cc1ccc(C)cc1.Cc1ccc(C)nc1.Cc1ccc(C)nc1.Cc1cnc(C)nc1. The molecule has 4 saturated heterocycles. The van der Waals surface area contributed by atoms with Crippen LogP contribution in [-0.4, -0.2) is 84.4 Å². The van der Waals surface area contributed by atoms with E-state index in [-0.39, 0.29) is 24.2 Å². The Morgan fingerprint density at radius 3 is 0.789 bits per heavy atom. The Balaban J connectivity index is 0.000000495. The lowest BCUT2D eigenvalue weighted by Crippen LogP contribution is -2.27. The van der Waals surface area contributed by atoms with Crippen molar-refractivity contribution in [3.05, 3.63) is 189 Å². The molecule has 0 radical (unpaired) electrons. The van der Waals surface area contributed by atoms with Gasteiger partial charge < -0.3 is 28.4 Å². The third-order valence-corrected chi connectivity index (χ3v) is 15.1. The van der Waals surface area contributed by atoms with Crippen LogP contribution in [0.4, 0.5) is 8.78 Å². The summed E-state index contributed by atoms with van der Waals surface area (Å²) >= 11 is 0. The molecule has 5 fully saturated rings. The summed E-state index contributed by atoms with van der Waals surface area (Å²) in [6, 6.07) is 27.1. The van der Waals surface area contributed by atoms with Crippen LogP contribution in [-0.2, 0) is 28.4 Å². The van der Waals surface area contributed by atoms with Crippen LogP contribution in [0.15, 0.2) is 110 Å². The van der Waals surface area contributed by atoms with Crippen LogP contribution >= 0.6 is 0 Å². The number of benzene rings is 3. The summed E-state index contributed by atoms with van der Waals surface area (Å²) in [5.74, 6) is 5.38. The van der Waals surface area contributed by atoms with Crippen LogP contribution in [0.3, 0.4) is 0 Å². The van der Waals surface area contributed by atoms with Crippen LogP contribution in [0.1, 0.15) is 188 Å². The topological polar surface area (TPSA) is 107 Å². The minimum atomic E-state index is -0.116. The lowest BCUT2D eigenvalue weighted by atomic mass is 9.84. The number of hydrogen-bond donors (Lipinski definition) is 0. The van der Waals surface area contributed by atoms with E-state index in [1.54, 1.807) is 26.0 Å². The van der Waals surface area contributed by atoms with Gasteiger partial charge >= 0.3 is 0 Å². The van der Waals surface area contributed by atoms with E-state index in [2.05, 4.69) is 126 Å². The van der Waals surface area contributed by atoms with Crippen molar-refractivity contribution in [2.75, 3.05) is 39.6 Å². The van der Waals surface area contributed by atoms with Crippen molar-refractivity contribution in [3.8, 4) is 0 Å². The summed E-state index contributed by atoms with van der Waals surface area (Å²) in [5, 5.41) is 0. The molecule has 12 heteroatoms. The van der Waals surface area contributed by atoms with Gasteiger partial charge in [0.25, 0.3) is 0 Å². The number of ether oxygens (including phenoxy) is 6. The van der Waals surface area contributed by atoms with Crippen molar-refractivity contribution in [1.29, 1.82) is 0 Å². The molecule has 11 rings (SSSR count). The van der Waals surface area contributed by atoms with Crippen molar-refractivity contribution in [3.63, 3.8) is 0 Å². The summed E-state index contributed by atoms with van der Waals surface area (Å²) in [4.78, 5) is 16.1. The number of nitrogens with zero attached hydrogens (tertiary/aromatic N) is 4. The van der Waals surface area contributed by atoms with Gasteiger partial charge in [0.1, 0.15) is 17.5 Å². The van der Waals surface area contributed by atoms with Crippen molar-refractivity contribution >= 4 is 0 Å². The van der Waals surface area contributed by atoms with E-state index in [4.69, 9.17) is 28.4 Å². The molecule has 2 unspecified atom stereocenters. The molecule has 10 nitrogen and oxygen atoms in total. The minimum absolute atomic E-state index is 0.0196. The largest absolute Gasteiger partial charge is 0.378 e. The normalized spacial score (nSPS) is 22.9. The third-order valence-electron chi connectivity index (χ3n) is 15.1. The molecule has 5 aliphatic rings. The van der Waals surface area contributed by atoms with Gasteiger partial charge in [-0.3, -0.25) is 9.97 Å². The first-order valence-electron chi connectivity index (χ1n) is 33.2. The summed E-state index contributed by atoms with van der Waals surface area (Å²) in [7, 11) is 0. The lowest BCUT2D eigenvalue weighted by Gasteiger charge is -2.24. The van der Waals surface area contributed by atoms with Gasteiger partial charge in [-0.25, -0.2) is 18.7 Å². The maximum absolute atomic E-state index is 12.6. The molecule has 3 aromatic heterocycles. The van der Waals surface area contributed by atoms with Gasteiger partial charge in [0, 0.05) is 61.2 Å². The zero-order valence-corrected chi connectivity index (χ0v) is 60.1. The molecular weight excluding hydrogens is 1130 g/mol. The molecule has 90 heavy (non-hydrogen) atoms. The molecule has 0 bridgehead atoms. The monoisotopic (exact) mass is 1250 g/mol. The molecule has 3 aromatic carbocycles. The Bertz CT molecular complexity index is 2200. The molecule has 0 spiro atoms. The molecule has 1 aliphatic carbocycles. The quantitative estimate of drug-likeness (QED) is 0.146. The van der Waals surface area contributed by atoms with E-state index in [1.807, 2.05) is 118 Å². The smallest absolute Gasteiger partial charge is 0.154 e. The van der Waals surface area contributed by atoms with E-state index in [0.29, 0.717) is 35.2 Å². The fourth-order valence-corrected chi connectivity index (χ4v) is 8.42. The summed E-state index contributed by atoms with van der Waals surface area (Å²) in [6.07, 6.45) is 19.5. The third kappa shape index (κ3) is 45.0. The fourth-order valence-electron chi connectivity index (χ4n) is 8.42. The van der Waals surface area contributed by atoms with Crippen LogP contribution in [0.25, 0.3) is 0 Å². The highest BCUT2D eigenvalue weighted by Crippen LogP contribution is 2.27. The van der Waals surface area contributed by atoms with E-state index < -0.39 is 0 Å². The van der Waals surface area contributed by atoms with E-state index in [1.165, 1.54) is 85.8 Å². The Morgan fingerprint density at radius 2 is 0.567 bits per heavy atom. The van der Waals surface area contributed by atoms with E-state index in [0.717, 1.165) is 97.2 Å². The first-order valence-corrected chi connectivity index (χ1v) is 33.2. The van der Waals surface area contributed by atoms with Gasteiger partial charge in [-0.2, -0.15) is 0 Å². The van der Waals surface area contributed by atoms with Crippen molar-refractivity contribution in [2.24, 2.45) is 35.5 Å². The molecule has 1 saturated carbocycles. The second-order valence-corrected chi connectivity index (χ2v) is 26.1. The highest BCUT2D eigenvalue weighted by atomic mass is 19.1. The van der Waals surface area contributed by atoms with E-state index in [9.17, 15) is 8.78 Å². The molecule has 4 atom stereocenters. The predicted octanol–water partition coefficient (Wildman–Crippen LogP) is 20.2. The van der Waals surface area contributed by atoms with E-state index >= 15 is 0 Å². The highest BCUT2D eigenvalue weighted by molar-refractivity contribution is 5.23. The van der Waals surface area contributed by atoms with Crippen molar-refractivity contribution in [1.82, 2.24) is 19.9 Å². The number of aromatic nitrogens is 4. The van der Waals surface area contributed by atoms with Crippen molar-refractivity contribution in [2.45, 2.75) is 228 Å². The Kier molecular flexibility index (Phi) is 44.5.